The molecule has 3 aromatic rings. The zero-order valence-corrected chi connectivity index (χ0v) is 17.7. The van der Waals surface area contributed by atoms with Gasteiger partial charge < -0.3 is 20.3 Å². The maximum atomic E-state index is 12.8. The zero-order valence-electron chi connectivity index (χ0n) is 16.9. The normalized spacial score (nSPS) is 13.6. The van der Waals surface area contributed by atoms with Gasteiger partial charge in [-0.25, -0.2) is 0 Å². The molecule has 0 spiro atoms. The van der Waals surface area contributed by atoms with Crippen molar-refractivity contribution in [2.45, 2.75) is 0 Å². The smallest absolute Gasteiger partial charge is 0.261 e. The highest BCUT2D eigenvalue weighted by Gasteiger charge is 2.22. The highest BCUT2D eigenvalue weighted by molar-refractivity contribution is 7.18. The van der Waals surface area contributed by atoms with Gasteiger partial charge >= 0.3 is 0 Å². The Morgan fingerprint density at radius 1 is 1.00 bits per heavy atom. The Kier molecular flexibility index (Phi) is 6.85. The number of carbonyl (C=O) groups is 2. The molecule has 9 heteroatoms. The highest BCUT2D eigenvalue weighted by Crippen LogP contribution is 2.39. The number of anilines is 1. The number of hydrogen-bond donors (Lipinski definition) is 2. The van der Waals surface area contributed by atoms with E-state index in [1.165, 1.54) is 17.5 Å². The first-order chi connectivity index (χ1) is 15.2. The molecule has 0 radical (unpaired) electrons. The van der Waals surface area contributed by atoms with Crippen LogP contribution in [0.5, 0.6) is 0 Å². The fourth-order valence-electron chi connectivity index (χ4n) is 3.26. The predicted octanol–water partition coefficient (Wildman–Crippen LogP) is 2.20. The van der Waals surface area contributed by atoms with Crippen LogP contribution in [0.15, 0.2) is 55.1 Å². The molecule has 1 aliphatic heterocycles. The Morgan fingerprint density at radius 3 is 2.39 bits per heavy atom. The fourth-order valence-corrected chi connectivity index (χ4v) is 4.41. The minimum Gasteiger partial charge on any atom is -0.378 e. The minimum absolute atomic E-state index is 0.162. The van der Waals surface area contributed by atoms with Crippen molar-refractivity contribution in [1.29, 1.82) is 0 Å². The summed E-state index contributed by atoms with van der Waals surface area (Å²) >= 11 is 1.47. The summed E-state index contributed by atoms with van der Waals surface area (Å²) in [6.45, 7) is 3.57. The average Bonchev–Trinajstić information content (AvgIpc) is 3.29. The van der Waals surface area contributed by atoms with Crippen LogP contribution >= 0.6 is 11.3 Å². The number of nitrogens with one attached hydrogen (secondary N) is 2. The van der Waals surface area contributed by atoms with Crippen LogP contribution in [0.25, 0.3) is 11.1 Å². The van der Waals surface area contributed by atoms with Crippen molar-refractivity contribution in [2.75, 3.05) is 44.3 Å². The van der Waals surface area contributed by atoms with E-state index in [9.17, 15) is 9.59 Å². The summed E-state index contributed by atoms with van der Waals surface area (Å²) in [5, 5.41) is 6.71. The van der Waals surface area contributed by atoms with Crippen LogP contribution < -0.4 is 15.5 Å². The van der Waals surface area contributed by atoms with Crippen molar-refractivity contribution >= 4 is 28.2 Å². The van der Waals surface area contributed by atoms with Crippen molar-refractivity contribution < 1.29 is 14.3 Å². The summed E-state index contributed by atoms with van der Waals surface area (Å²) < 4.78 is 5.47. The van der Waals surface area contributed by atoms with Gasteiger partial charge in [0.25, 0.3) is 11.8 Å². The minimum atomic E-state index is -0.216. The lowest BCUT2D eigenvalue weighted by molar-refractivity contribution is 0.0929. The van der Waals surface area contributed by atoms with E-state index in [0.717, 1.165) is 29.2 Å². The van der Waals surface area contributed by atoms with Crippen molar-refractivity contribution in [1.82, 2.24) is 20.6 Å². The number of pyridine rings is 2. The van der Waals surface area contributed by atoms with Gasteiger partial charge in [-0.15, -0.1) is 11.3 Å². The van der Waals surface area contributed by atoms with Gasteiger partial charge in [-0.1, -0.05) is 6.07 Å². The van der Waals surface area contributed by atoms with Crippen molar-refractivity contribution in [2.24, 2.45) is 0 Å². The maximum Gasteiger partial charge on any atom is 0.261 e. The van der Waals surface area contributed by atoms with Crippen LogP contribution in [0.4, 0.5) is 5.00 Å². The number of aromatic nitrogens is 2. The van der Waals surface area contributed by atoms with Gasteiger partial charge in [0.05, 0.1) is 28.7 Å². The molecule has 0 saturated carbocycles. The number of carbonyl (C=O) groups excluding carboxylic acids is 2. The number of morpholine rings is 1. The number of ether oxygens (including phenoxy) is 1. The third-order valence-electron chi connectivity index (χ3n) is 4.83. The molecule has 1 aliphatic rings. The van der Waals surface area contributed by atoms with Gasteiger partial charge in [0, 0.05) is 62.1 Å². The second-order valence-electron chi connectivity index (χ2n) is 6.92. The molecule has 8 nitrogen and oxygen atoms in total. The zero-order chi connectivity index (χ0) is 21.5. The van der Waals surface area contributed by atoms with E-state index >= 15 is 0 Å². The van der Waals surface area contributed by atoms with E-state index < -0.39 is 0 Å². The van der Waals surface area contributed by atoms with Crippen LogP contribution in [-0.2, 0) is 4.74 Å². The van der Waals surface area contributed by atoms with E-state index in [0.29, 0.717) is 36.7 Å². The molecule has 31 heavy (non-hydrogen) atoms. The van der Waals surface area contributed by atoms with Crippen LogP contribution in [-0.4, -0.2) is 61.2 Å². The second kappa shape index (κ2) is 10.1. The van der Waals surface area contributed by atoms with Gasteiger partial charge in [0.2, 0.25) is 0 Å². The average molecular weight is 438 g/mol. The van der Waals surface area contributed by atoms with Crippen molar-refractivity contribution in [3.05, 3.63) is 65.6 Å². The first-order valence-corrected chi connectivity index (χ1v) is 10.9. The lowest BCUT2D eigenvalue weighted by Gasteiger charge is -2.28. The monoisotopic (exact) mass is 437 g/mol. The van der Waals surface area contributed by atoms with E-state index in [1.54, 1.807) is 24.5 Å². The maximum absolute atomic E-state index is 12.8. The van der Waals surface area contributed by atoms with Crippen molar-refractivity contribution in [3.8, 4) is 11.1 Å². The van der Waals surface area contributed by atoms with Gasteiger partial charge in [-0.3, -0.25) is 19.6 Å². The standard InChI is InChI=1S/C22H23N5O3S/c28-20(17-4-2-6-24-15-17)25-7-8-26-21(29)19-13-18(16-3-1-5-23-14-16)22(31-19)27-9-11-30-12-10-27/h1-6,13-15H,7-12H2,(H,25,28)(H,26,29). The molecular weight excluding hydrogens is 414 g/mol. The topological polar surface area (TPSA) is 96.5 Å². The third kappa shape index (κ3) is 5.25. The SMILES string of the molecule is O=C(NCCNC(=O)c1cc(-c2cccnc2)c(N2CCOCC2)s1)c1cccnc1. The summed E-state index contributed by atoms with van der Waals surface area (Å²) in [5.74, 6) is -0.378. The van der Waals surface area contributed by atoms with E-state index in [-0.39, 0.29) is 11.8 Å². The summed E-state index contributed by atoms with van der Waals surface area (Å²) in [6, 6.07) is 9.20. The van der Waals surface area contributed by atoms with E-state index in [1.807, 2.05) is 24.4 Å². The predicted molar refractivity (Wildman–Crippen MR) is 119 cm³/mol. The molecule has 4 rings (SSSR count). The number of nitrogens with zero attached hydrogens (tertiary/aromatic N) is 3. The first kappa shape index (κ1) is 21.0. The Bertz CT molecular complexity index is 1020. The Morgan fingerprint density at radius 2 is 1.71 bits per heavy atom. The molecule has 3 aromatic heterocycles. The second-order valence-corrected chi connectivity index (χ2v) is 7.95. The molecule has 0 unspecified atom stereocenters. The highest BCUT2D eigenvalue weighted by atomic mass is 32.1. The van der Waals surface area contributed by atoms with E-state index in [4.69, 9.17) is 4.74 Å². The van der Waals surface area contributed by atoms with Gasteiger partial charge in [0.15, 0.2) is 0 Å². The molecule has 0 atom stereocenters. The molecule has 1 fully saturated rings. The molecule has 0 aliphatic carbocycles. The van der Waals surface area contributed by atoms with E-state index in [2.05, 4.69) is 25.5 Å². The van der Waals surface area contributed by atoms with Crippen LogP contribution in [0.2, 0.25) is 0 Å². The van der Waals surface area contributed by atoms with Crippen LogP contribution in [0.3, 0.4) is 0 Å². The molecule has 160 valence electrons. The molecule has 2 amide bonds. The quantitative estimate of drug-likeness (QED) is 0.550. The fraction of sp³-hybridized carbons (Fsp3) is 0.273. The lowest BCUT2D eigenvalue weighted by atomic mass is 10.1. The number of amides is 2. The van der Waals surface area contributed by atoms with Crippen LogP contribution in [0.1, 0.15) is 20.0 Å². The first-order valence-electron chi connectivity index (χ1n) is 10.1. The molecule has 2 N–H and O–H groups in total. The lowest BCUT2D eigenvalue weighted by Crippen LogP contribution is -2.36. The van der Waals surface area contributed by atoms with Crippen molar-refractivity contribution in [3.63, 3.8) is 0 Å². The molecular formula is C22H23N5O3S. The Hall–Kier alpha value is -3.30. The summed E-state index contributed by atoms with van der Waals surface area (Å²) in [6.07, 6.45) is 6.66. The molecule has 0 bridgehead atoms. The number of thiophene rings is 1. The number of rotatable bonds is 7. The molecule has 4 heterocycles. The van der Waals surface area contributed by atoms with Gasteiger partial charge in [-0.05, 0) is 24.3 Å². The van der Waals surface area contributed by atoms with Gasteiger partial charge in [-0.2, -0.15) is 0 Å². The Labute approximate surface area is 184 Å². The molecule has 0 aromatic carbocycles. The summed E-state index contributed by atoms with van der Waals surface area (Å²) in [7, 11) is 0. The van der Waals surface area contributed by atoms with Crippen LogP contribution in [0, 0.1) is 0 Å². The largest absolute Gasteiger partial charge is 0.378 e. The van der Waals surface area contributed by atoms with Gasteiger partial charge in [0.1, 0.15) is 0 Å². The molecule has 1 saturated heterocycles. The summed E-state index contributed by atoms with van der Waals surface area (Å²) in [4.78, 5) is 35.8. The Balaban J connectivity index is 1.40. The summed E-state index contributed by atoms with van der Waals surface area (Å²) in [5.41, 5.74) is 2.46. The third-order valence-corrected chi connectivity index (χ3v) is 6.02. The number of hydrogen-bond acceptors (Lipinski definition) is 7.